The summed E-state index contributed by atoms with van der Waals surface area (Å²) in [5.74, 6) is 0.377. The molecule has 0 aliphatic carbocycles. The fraction of sp³-hybridized carbons (Fsp3) is 0.143. The van der Waals surface area contributed by atoms with Crippen LogP contribution >= 0.6 is 11.6 Å². The Morgan fingerprint density at radius 1 is 1.36 bits per heavy atom. The number of ether oxygens (including phenoxy) is 1. The zero-order valence-corrected chi connectivity index (χ0v) is 12.3. The van der Waals surface area contributed by atoms with Crippen molar-refractivity contribution in [1.29, 1.82) is 0 Å². The van der Waals surface area contributed by atoms with Crippen molar-refractivity contribution in [2.24, 2.45) is 7.05 Å². The fourth-order valence-electron chi connectivity index (χ4n) is 2.15. The number of hydrogen-bond donors (Lipinski definition) is 0. The molecule has 0 aliphatic heterocycles. The number of aromatic nitrogens is 3. The molecule has 3 aromatic rings. The maximum Gasteiger partial charge on any atom is 0.277 e. The van der Waals surface area contributed by atoms with Gasteiger partial charge in [-0.2, -0.15) is 0 Å². The third-order valence-electron chi connectivity index (χ3n) is 3.20. The van der Waals surface area contributed by atoms with E-state index in [0.29, 0.717) is 16.5 Å². The molecule has 0 unspecified atom stereocenters. The maximum absolute atomic E-state index is 11.1. The lowest BCUT2D eigenvalue weighted by Crippen LogP contribution is -2.03. The van der Waals surface area contributed by atoms with Gasteiger partial charge >= 0.3 is 0 Å². The number of benzene rings is 1. The second-order valence-electron chi connectivity index (χ2n) is 4.66. The summed E-state index contributed by atoms with van der Waals surface area (Å²) in [6, 6.07) is 6.24. The maximum atomic E-state index is 11.1. The van der Waals surface area contributed by atoms with Crippen LogP contribution in [0.4, 0.5) is 5.69 Å². The molecule has 0 amide bonds. The molecule has 3 rings (SSSR count). The average molecular weight is 319 g/mol. The summed E-state index contributed by atoms with van der Waals surface area (Å²) in [4.78, 5) is 19.0. The molecule has 1 aromatic carbocycles. The number of nitro groups is 1. The summed E-state index contributed by atoms with van der Waals surface area (Å²) >= 11 is 5.79. The van der Waals surface area contributed by atoms with Gasteiger partial charge in [-0.15, -0.1) is 0 Å². The zero-order chi connectivity index (χ0) is 15.7. The molecule has 0 spiro atoms. The van der Waals surface area contributed by atoms with Crippen LogP contribution in [-0.4, -0.2) is 19.5 Å². The van der Waals surface area contributed by atoms with Crippen LogP contribution in [0.5, 0.6) is 5.88 Å². The van der Waals surface area contributed by atoms with E-state index in [-0.39, 0.29) is 12.3 Å². The van der Waals surface area contributed by atoms with Crippen molar-refractivity contribution >= 4 is 28.3 Å². The number of imidazole rings is 1. The number of aryl methyl sites for hydroxylation is 1. The molecule has 0 fully saturated rings. The lowest BCUT2D eigenvalue weighted by Gasteiger charge is -2.08. The van der Waals surface area contributed by atoms with E-state index in [9.17, 15) is 10.1 Å². The van der Waals surface area contributed by atoms with E-state index in [2.05, 4.69) is 9.97 Å². The third kappa shape index (κ3) is 2.58. The van der Waals surface area contributed by atoms with Gasteiger partial charge in [0.15, 0.2) is 0 Å². The predicted octanol–water partition coefficient (Wildman–Crippen LogP) is 3.11. The molecular formula is C14H11ClN4O3. The van der Waals surface area contributed by atoms with Crippen molar-refractivity contribution in [1.82, 2.24) is 14.5 Å². The van der Waals surface area contributed by atoms with E-state index >= 15 is 0 Å². The molecule has 0 aliphatic rings. The smallest absolute Gasteiger partial charge is 0.277 e. The van der Waals surface area contributed by atoms with Crippen LogP contribution in [0.25, 0.3) is 11.0 Å². The number of halogens is 1. The van der Waals surface area contributed by atoms with Crippen LogP contribution in [0, 0.1) is 10.1 Å². The van der Waals surface area contributed by atoms with Gasteiger partial charge in [0, 0.05) is 24.3 Å². The van der Waals surface area contributed by atoms with Crippen molar-refractivity contribution in [3.63, 3.8) is 0 Å². The van der Waals surface area contributed by atoms with Crippen molar-refractivity contribution in [3.8, 4) is 5.88 Å². The molecule has 0 saturated heterocycles. The number of rotatable bonds is 4. The van der Waals surface area contributed by atoms with Crippen molar-refractivity contribution in [2.45, 2.75) is 6.61 Å². The van der Waals surface area contributed by atoms with Gasteiger partial charge < -0.3 is 9.30 Å². The Balaban J connectivity index is 1.92. The zero-order valence-electron chi connectivity index (χ0n) is 11.6. The quantitative estimate of drug-likeness (QED) is 0.545. The van der Waals surface area contributed by atoms with E-state index < -0.39 is 4.92 Å². The Labute approximate surface area is 130 Å². The first-order valence-corrected chi connectivity index (χ1v) is 6.75. The van der Waals surface area contributed by atoms with Gasteiger partial charge in [-0.3, -0.25) is 10.1 Å². The predicted molar refractivity (Wildman–Crippen MR) is 80.9 cm³/mol. The Hall–Kier alpha value is -2.67. The summed E-state index contributed by atoms with van der Waals surface area (Å²) in [6.07, 6.45) is 3.24. The fourth-order valence-corrected chi connectivity index (χ4v) is 2.31. The molecule has 0 atom stereocenters. The number of hydrogen-bond acceptors (Lipinski definition) is 5. The normalized spacial score (nSPS) is 10.8. The van der Waals surface area contributed by atoms with E-state index in [0.717, 1.165) is 11.0 Å². The SMILES string of the molecule is Cn1cnc2ccnc(OCc3ccc(Cl)cc3[N+](=O)[O-])c21. The number of nitro benzene ring substituents is 1. The van der Waals surface area contributed by atoms with Gasteiger partial charge in [-0.1, -0.05) is 11.6 Å². The molecule has 7 nitrogen and oxygen atoms in total. The largest absolute Gasteiger partial charge is 0.471 e. The minimum atomic E-state index is -0.483. The highest BCUT2D eigenvalue weighted by Gasteiger charge is 2.16. The van der Waals surface area contributed by atoms with Crippen LogP contribution in [0.1, 0.15) is 5.56 Å². The average Bonchev–Trinajstić information content (AvgIpc) is 2.88. The highest BCUT2D eigenvalue weighted by atomic mass is 35.5. The van der Waals surface area contributed by atoms with Crippen molar-refractivity contribution in [2.75, 3.05) is 0 Å². The molecule has 22 heavy (non-hydrogen) atoms. The van der Waals surface area contributed by atoms with Gasteiger partial charge in [-0.25, -0.2) is 9.97 Å². The van der Waals surface area contributed by atoms with E-state index in [1.165, 1.54) is 6.07 Å². The van der Waals surface area contributed by atoms with E-state index in [1.807, 2.05) is 7.05 Å². The monoisotopic (exact) mass is 318 g/mol. The molecule has 112 valence electrons. The number of pyridine rings is 1. The molecular weight excluding hydrogens is 308 g/mol. The Morgan fingerprint density at radius 2 is 2.18 bits per heavy atom. The standard InChI is InChI=1S/C14H11ClN4O3/c1-18-8-17-11-4-5-16-14(13(11)18)22-7-9-2-3-10(15)6-12(9)19(20)21/h2-6,8H,7H2,1H3. The van der Waals surface area contributed by atoms with Crippen molar-refractivity contribution in [3.05, 3.63) is 57.5 Å². The molecule has 0 saturated carbocycles. The molecule has 0 radical (unpaired) electrons. The summed E-state index contributed by atoms with van der Waals surface area (Å²) in [6.45, 7) is 0.0186. The minimum Gasteiger partial charge on any atom is -0.471 e. The molecule has 2 aromatic heterocycles. The lowest BCUT2D eigenvalue weighted by atomic mass is 10.2. The van der Waals surface area contributed by atoms with Crippen LogP contribution in [0.2, 0.25) is 5.02 Å². The third-order valence-corrected chi connectivity index (χ3v) is 3.44. The molecule has 0 bridgehead atoms. The van der Waals surface area contributed by atoms with Gasteiger partial charge in [0.2, 0.25) is 5.88 Å². The van der Waals surface area contributed by atoms with E-state index in [4.69, 9.17) is 16.3 Å². The number of nitrogens with zero attached hydrogens (tertiary/aromatic N) is 4. The molecule has 2 heterocycles. The van der Waals surface area contributed by atoms with Gasteiger partial charge in [-0.05, 0) is 18.2 Å². The van der Waals surface area contributed by atoms with Crippen LogP contribution in [0.15, 0.2) is 36.8 Å². The number of fused-ring (bicyclic) bond motifs is 1. The second kappa shape index (κ2) is 5.61. The summed E-state index contributed by atoms with van der Waals surface area (Å²) in [5.41, 5.74) is 1.83. The topological polar surface area (TPSA) is 83.1 Å². The van der Waals surface area contributed by atoms with Gasteiger partial charge in [0.25, 0.3) is 5.69 Å². The summed E-state index contributed by atoms with van der Waals surface area (Å²) in [7, 11) is 1.83. The summed E-state index contributed by atoms with van der Waals surface area (Å²) < 4.78 is 7.44. The van der Waals surface area contributed by atoms with Gasteiger partial charge in [0.1, 0.15) is 12.1 Å². The van der Waals surface area contributed by atoms with Crippen LogP contribution in [-0.2, 0) is 13.7 Å². The second-order valence-corrected chi connectivity index (χ2v) is 5.09. The van der Waals surface area contributed by atoms with Crippen molar-refractivity contribution < 1.29 is 9.66 Å². The summed E-state index contributed by atoms with van der Waals surface area (Å²) in [5, 5.41) is 11.4. The highest BCUT2D eigenvalue weighted by molar-refractivity contribution is 6.30. The van der Waals surface area contributed by atoms with Crippen LogP contribution in [0.3, 0.4) is 0 Å². The highest BCUT2D eigenvalue weighted by Crippen LogP contribution is 2.26. The Kier molecular flexibility index (Phi) is 3.64. The lowest BCUT2D eigenvalue weighted by molar-refractivity contribution is -0.385. The minimum absolute atomic E-state index is 0.0186. The first-order valence-electron chi connectivity index (χ1n) is 6.38. The Bertz CT molecular complexity index is 862. The first kappa shape index (κ1) is 14.3. The van der Waals surface area contributed by atoms with Crippen LogP contribution < -0.4 is 4.74 Å². The Morgan fingerprint density at radius 3 is 2.95 bits per heavy atom. The molecule has 0 N–H and O–H groups in total. The first-order chi connectivity index (χ1) is 10.6. The molecule has 8 heteroatoms. The van der Waals surface area contributed by atoms with E-state index in [1.54, 1.807) is 35.3 Å². The van der Waals surface area contributed by atoms with Gasteiger partial charge in [0.05, 0.1) is 22.3 Å².